The summed E-state index contributed by atoms with van der Waals surface area (Å²) in [7, 11) is 0. The number of thioether (sulfide) groups is 1. The van der Waals surface area contributed by atoms with E-state index in [-0.39, 0.29) is 23.3 Å². The van der Waals surface area contributed by atoms with E-state index in [4.69, 9.17) is 5.11 Å². The van der Waals surface area contributed by atoms with E-state index in [9.17, 15) is 14.7 Å². The predicted molar refractivity (Wildman–Crippen MR) is 65.4 cm³/mol. The van der Waals surface area contributed by atoms with E-state index in [1.54, 1.807) is 31.4 Å². The summed E-state index contributed by atoms with van der Waals surface area (Å²) in [6, 6.07) is 4.93. The van der Waals surface area contributed by atoms with E-state index < -0.39 is 12.1 Å². The highest BCUT2D eigenvalue weighted by molar-refractivity contribution is 7.98. The second-order valence-corrected chi connectivity index (χ2v) is 4.29. The summed E-state index contributed by atoms with van der Waals surface area (Å²) in [6.07, 6.45) is 0.384. The molecule has 1 rings (SSSR count). The Morgan fingerprint density at radius 3 is 2.53 bits per heavy atom. The summed E-state index contributed by atoms with van der Waals surface area (Å²) in [5, 5.41) is 18.5. The van der Waals surface area contributed by atoms with Crippen molar-refractivity contribution in [3.8, 4) is 0 Å². The van der Waals surface area contributed by atoms with Crippen LogP contribution in [0.15, 0.2) is 23.1 Å². The fourth-order valence-corrected chi connectivity index (χ4v) is 2.22. The van der Waals surface area contributed by atoms with Crippen LogP contribution in [0.3, 0.4) is 0 Å². The molecule has 1 aromatic rings. The highest BCUT2D eigenvalue weighted by atomic mass is 32.2. The molecule has 2 N–H and O–H groups in total. The Hall–Kier alpha value is -1.33. The zero-order valence-corrected chi connectivity index (χ0v) is 10.5. The minimum atomic E-state index is -1.66. The van der Waals surface area contributed by atoms with Crippen molar-refractivity contribution < 1.29 is 19.8 Å². The Bertz CT molecular complexity index is 442. The van der Waals surface area contributed by atoms with Crippen LogP contribution in [0.2, 0.25) is 0 Å². The molecule has 4 nitrogen and oxygen atoms in total. The maximum absolute atomic E-state index is 11.7. The average molecular weight is 254 g/mol. The molecule has 0 fully saturated rings. The van der Waals surface area contributed by atoms with Crippen LogP contribution in [-0.4, -0.2) is 28.2 Å². The number of carboxylic acids is 1. The first-order valence-corrected chi connectivity index (χ1v) is 6.36. The molecule has 17 heavy (non-hydrogen) atoms. The highest BCUT2D eigenvalue weighted by Gasteiger charge is 2.24. The number of rotatable bonds is 5. The lowest BCUT2D eigenvalue weighted by atomic mass is 9.98. The summed E-state index contributed by atoms with van der Waals surface area (Å²) in [6.45, 7) is 1.70. The standard InChI is InChI=1S/C12H14O4S/c1-3-8(13)7-5-4-6-9(17-2)10(7)11(14)12(15)16/h4-6,11,14H,3H2,1-2H3,(H,15,16). The van der Waals surface area contributed by atoms with Gasteiger partial charge in [-0.1, -0.05) is 19.1 Å². The van der Waals surface area contributed by atoms with Gasteiger partial charge in [-0.2, -0.15) is 0 Å². The van der Waals surface area contributed by atoms with Crippen LogP contribution in [0.25, 0.3) is 0 Å². The third-order valence-electron chi connectivity index (χ3n) is 2.41. The van der Waals surface area contributed by atoms with Gasteiger partial charge in [0.05, 0.1) is 0 Å². The molecule has 0 aliphatic carbocycles. The Labute approximate surface area is 104 Å². The number of aliphatic hydroxyl groups is 1. The topological polar surface area (TPSA) is 74.6 Å². The number of hydrogen-bond acceptors (Lipinski definition) is 4. The number of ketones is 1. The van der Waals surface area contributed by atoms with Gasteiger partial charge < -0.3 is 10.2 Å². The quantitative estimate of drug-likeness (QED) is 0.622. The molecule has 0 spiro atoms. The van der Waals surface area contributed by atoms with Crippen LogP contribution in [0.4, 0.5) is 0 Å². The van der Waals surface area contributed by atoms with Crippen LogP contribution in [0.1, 0.15) is 35.4 Å². The van der Waals surface area contributed by atoms with Crippen LogP contribution in [0, 0.1) is 0 Å². The SMILES string of the molecule is CCC(=O)c1cccc(SC)c1C(O)C(=O)O. The van der Waals surface area contributed by atoms with Crippen molar-refractivity contribution in [2.24, 2.45) is 0 Å². The molecule has 1 unspecified atom stereocenters. The maximum atomic E-state index is 11.7. The Morgan fingerprint density at radius 1 is 1.41 bits per heavy atom. The van der Waals surface area contributed by atoms with E-state index in [0.717, 1.165) is 0 Å². The minimum absolute atomic E-state index is 0.170. The normalized spacial score (nSPS) is 12.2. The summed E-state index contributed by atoms with van der Waals surface area (Å²) >= 11 is 1.31. The second-order valence-electron chi connectivity index (χ2n) is 3.44. The number of hydrogen-bond donors (Lipinski definition) is 2. The van der Waals surface area contributed by atoms with Crippen molar-refractivity contribution in [3.63, 3.8) is 0 Å². The minimum Gasteiger partial charge on any atom is -0.479 e. The summed E-state index contributed by atoms with van der Waals surface area (Å²) in [4.78, 5) is 23.2. The number of aliphatic hydroxyl groups excluding tert-OH is 1. The van der Waals surface area contributed by atoms with Crippen molar-refractivity contribution in [3.05, 3.63) is 29.3 Å². The van der Waals surface area contributed by atoms with Crippen molar-refractivity contribution in [1.29, 1.82) is 0 Å². The zero-order chi connectivity index (χ0) is 13.0. The van der Waals surface area contributed by atoms with Gasteiger partial charge in [0.15, 0.2) is 11.9 Å². The first kappa shape index (κ1) is 13.7. The van der Waals surface area contributed by atoms with Crippen LogP contribution >= 0.6 is 11.8 Å². The van der Waals surface area contributed by atoms with Gasteiger partial charge in [0.25, 0.3) is 0 Å². The molecule has 0 bridgehead atoms. The third-order valence-corrected chi connectivity index (χ3v) is 3.21. The lowest BCUT2D eigenvalue weighted by molar-refractivity contribution is -0.147. The Kier molecular flexibility index (Phi) is 4.72. The molecule has 0 aliphatic rings. The molecule has 0 amide bonds. The maximum Gasteiger partial charge on any atom is 0.337 e. The molecular weight excluding hydrogens is 240 g/mol. The molecule has 0 saturated carbocycles. The Morgan fingerprint density at radius 2 is 2.06 bits per heavy atom. The molecular formula is C12H14O4S. The lowest BCUT2D eigenvalue weighted by Gasteiger charge is -2.14. The first-order valence-electron chi connectivity index (χ1n) is 5.13. The van der Waals surface area contributed by atoms with Crippen molar-refractivity contribution in [2.45, 2.75) is 24.3 Å². The summed E-state index contributed by atoms with van der Waals surface area (Å²) < 4.78 is 0. The van der Waals surface area contributed by atoms with Gasteiger partial charge in [-0.15, -0.1) is 11.8 Å². The predicted octanol–water partition coefficient (Wildman–Crippen LogP) is 2.12. The fourth-order valence-electron chi connectivity index (χ4n) is 1.56. The molecule has 92 valence electrons. The number of carbonyl (C=O) groups is 2. The molecule has 0 aromatic heterocycles. The van der Waals surface area contributed by atoms with E-state index >= 15 is 0 Å². The van der Waals surface area contributed by atoms with Gasteiger partial charge in [0.1, 0.15) is 0 Å². The summed E-state index contributed by atoms with van der Waals surface area (Å²) in [5.41, 5.74) is 0.480. The van der Waals surface area contributed by atoms with Crippen molar-refractivity contribution >= 4 is 23.5 Å². The van der Waals surface area contributed by atoms with E-state index in [1.165, 1.54) is 11.8 Å². The average Bonchev–Trinajstić information content (AvgIpc) is 2.35. The molecule has 0 heterocycles. The lowest BCUT2D eigenvalue weighted by Crippen LogP contribution is -2.16. The molecule has 5 heteroatoms. The monoisotopic (exact) mass is 254 g/mol. The van der Waals surface area contributed by atoms with Gasteiger partial charge >= 0.3 is 5.97 Å². The Balaban J connectivity index is 3.40. The summed E-state index contributed by atoms with van der Waals surface area (Å²) in [5.74, 6) is -1.52. The fraction of sp³-hybridized carbons (Fsp3) is 0.333. The van der Waals surface area contributed by atoms with Gasteiger partial charge in [-0.25, -0.2) is 4.79 Å². The number of Topliss-reactive ketones (excluding diaryl/α,β-unsaturated/α-hetero) is 1. The zero-order valence-electron chi connectivity index (χ0n) is 9.64. The number of carbonyl (C=O) groups excluding carboxylic acids is 1. The van der Waals surface area contributed by atoms with Gasteiger partial charge in [-0.3, -0.25) is 4.79 Å². The van der Waals surface area contributed by atoms with E-state index in [0.29, 0.717) is 4.90 Å². The third kappa shape index (κ3) is 2.87. The highest BCUT2D eigenvalue weighted by Crippen LogP contribution is 2.30. The van der Waals surface area contributed by atoms with E-state index in [1.807, 2.05) is 0 Å². The number of aliphatic carboxylic acids is 1. The second kappa shape index (κ2) is 5.84. The smallest absolute Gasteiger partial charge is 0.337 e. The molecule has 0 saturated heterocycles. The largest absolute Gasteiger partial charge is 0.479 e. The van der Waals surface area contributed by atoms with Crippen molar-refractivity contribution in [2.75, 3.05) is 6.26 Å². The molecule has 0 aliphatic heterocycles. The molecule has 1 aromatic carbocycles. The van der Waals surface area contributed by atoms with Gasteiger partial charge in [0.2, 0.25) is 0 Å². The van der Waals surface area contributed by atoms with Crippen LogP contribution in [0.5, 0.6) is 0 Å². The molecule has 0 radical (unpaired) electrons. The number of carboxylic acid groups (broad SMARTS) is 1. The first-order chi connectivity index (χ1) is 8.02. The van der Waals surface area contributed by atoms with Crippen LogP contribution in [-0.2, 0) is 4.79 Å². The van der Waals surface area contributed by atoms with Crippen molar-refractivity contribution in [1.82, 2.24) is 0 Å². The number of benzene rings is 1. The molecule has 1 atom stereocenters. The van der Waals surface area contributed by atoms with Gasteiger partial charge in [-0.05, 0) is 12.3 Å². The van der Waals surface area contributed by atoms with Crippen LogP contribution < -0.4 is 0 Å². The van der Waals surface area contributed by atoms with Gasteiger partial charge in [0, 0.05) is 22.4 Å². The van der Waals surface area contributed by atoms with E-state index in [2.05, 4.69) is 0 Å².